The van der Waals surface area contributed by atoms with Gasteiger partial charge in [0, 0.05) is 12.5 Å². The SMILES string of the molecule is C=CC(=O)OC1(C(=O)OCCCC)CCCC(C(=O)OCCCCCCCCC)C1. The molecule has 0 aromatic heterocycles. The van der Waals surface area contributed by atoms with Gasteiger partial charge in [-0.05, 0) is 32.1 Å². The third-order valence-electron chi connectivity index (χ3n) is 5.60. The number of rotatable bonds is 15. The summed E-state index contributed by atoms with van der Waals surface area (Å²) < 4.78 is 16.3. The minimum Gasteiger partial charge on any atom is -0.465 e. The van der Waals surface area contributed by atoms with Crippen LogP contribution in [-0.2, 0) is 28.6 Å². The molecule has 172 valence electrons. The van der Waals surface area contributed by atoms with E-state index in [1.807, 2.05) is 6.92 Å². The largest absolute Gasteiger partial charge is 0.465 e. The number of ether oxygens (including phenoxy) is 3. The van der Waals surface area contributed by atoms with Crippen LogP contribution in [0.5, 0.6) is 0 Å². The standard InChI is InChI=1S/C24H40O6/c1-4-7-9-10-11-12-13-18-28-22(26)20-15-14-16-24(19-20,30-21(25)6-3)23(27)29-17-8-5-2/h6,20H,3-5,7-19H2,1-2H3. The van der Waals surface area contributed by atoms with Crippen molar-refractivity contribution in [1.82, 2.24) is 0 Å². The highest BCUT2D eigenvalue weighted by Gasteiger charge is 2.49. The Morgan fingerprint density at radius 2 is 1.57 bits per heavy atom. The zero-order valence-corrected chi connectivity index (χ0v) is 18.9. The van der Waals surface area contributed by atoms with Crippen molar-refractivity contribution >= 4 is 17.9 Å². The Hall–Kier alpha value is -1.85. The van der Waals surface area contributed by atoms with E-state index < -0.39 is 23.5 Å². The van der Waals surface area contributed by atoms with Gasteiger partial charge < -0.3 is 14.2 Å². The predicted molar refractivity (Wildman–Crippen MR) is 116 cm³/mol. The molecule has 2 unspecified atom stereocenters. The van der Waals surface area contributed by atoms with Crippen molar-refractivity contribution in [3.63, 3.8) is 0 Å². The van der Waals surface area contributed by atoms with Crippen LogP contribution in [-0.4, -0.2) is 36.7 Å². The van der Waals surface area contributed by atoms with E-state index in [1.165, 1.54) is 25.7 Å². The molecule has 0 amide bonds. The van der Waals surface area contributed by atoms with Gasteiger partial charge in [0.15, 0.2) is 0 Å². The lowest BCUT2D eigenvalue weighted by Crippen LogP contribution is -2.49. The summed E-state index contributed by atoms with van der Waals surface area (Å²) in [6, 6.07) is 0. The third-order valence-corrected chi connectivity index (χ3v) is 5.60. The molecule has 6 nitrogen and oxygen atoms in total. The van der Waals surface area contributed by atoms with Crippen LogP contribution in [0.2, 0.25) is 0 Å². The van der Waals surface area contributed by atoms with Crippen molar-refractivity contribution in [2.24, 2.45) is 5.92 Å². The Kier molecular flexibility index (Phi) is 13.1. The van der Waals surface area contributed by atoms with E-state index in [2.05, 4.69) is 13.5 Å². The van der Waals surface area contributed by atoms with Gasteiger partial charge in [0.1, 0.15) is 0 Å². The molecular weight excluding hydrogens is 384 g/mol. The molecule has 1 aliphatic carbocycles. The molecule has 0 heterocycles. The van der Waals surface area contributed by atoms with Crippen LogP contribution in [0.4, 0.5) is 0 Å². The number of carbonyl (C=O) groups excluding carboxylic acids is 3. The summed E-state index contributed by atoms with van der Waals surface area (Å²) in [5.74, 6) is -2.05. The van der Waals surface area contributed by atoms with Crippen LogP contribution in [0.15, 0.2) is 12.7 Å². The summed E-state index contributed by atoms with van der Waals surface area (Å²) in [6.45, 7) is 8.27. The summed E-state index contributed by atoms with van der Waals surface area (Å²) in [7, 11) is 0. The maximum Gasteiger partial charge on any atom is 0.350 e. The predicted octanol–water partition coefficient (Wildman–Crippen LogP) is 5.28. The molecule has 2 atom stereocenters. The van der Waals surface area contributed by atoms with E-state index in [0.717, 1.165) is 38.2 Å². The fraction of sp³-hybridized carbons (Fsp3) is 0.792. The second-order valence-electron chi connectivity index (χ2n) is 8.19. The fourth-order valence-electron chi connectivity index (χ4n) is 3.78. The highest BCUT2D eigenvalue weighted by Crippen LogP contribution is 2.37. The average Bonchev–Trinajstić information content (AvgIpc) is 2.75. The van der Waals surface area contributed by atoms with Gasteiger partial charge in [-0.25, -0.2) is 9.59 Å². The van der Waals surface area contributed by atoms with Crippen molar-refractivity contribution in [3.05, 3.63) is 12.7 Å². The molecule has 1 rings (SSSR count). The Labute approximate surface area is 181 Å². The van der Waals surface area contributed by atoms with E-state index in [4.69, 9.17) is 14.2 Å². The van der Waals surface area contributed by atoms with Gasteiger partial charge >= 0.3 is 17.9 Å². The zero-order chi connectivity index (χ0) is 22.2. The normalized spacial score (nSPS) is 20.9. The van der Waals surface area contributed by atoms with E-state index in [0.29, 0.717) is 25.9 Å². The second kappa shape index (κ2) is 15.0. The molecule has 6 heteroatoms. The fourth-order valence-corrected chi connectivity index (χ4v) is 3.78. The van der Waals surface area contributed by atoms with Crippen LogP contribution in [0.25, 0.3) is 0 Å². The molecule has 1 aliphatic rings. The summed E-state index contributed by atoms with van der Waals surface area (Å²) in [4.78, 5) is 37.2. The lowest BCUT2D eigenvalue weighted by Gasteiger charge is -2.37. The Morgan fingerprint density at radius 1 is 0.933 bits per heavy atom. The Morgan fingerprint density at radius 3 is 2.23 bits per heavy atom. The van der Waals surface area contributed by atoms with Gasteiger partial charge in [0.25, 0.3) is 0 Å². The van der Waals surface area contributed by atoms with Gasteiger partial charge in [-0.3, -0.25) is 4.79 Å². The molecule has 1 fully saturated rings. The molecule has 0 radical (unpaired) electrons. The topological polar surface area (TPSA) is 78.9 Å². The maximum absolute atomic E-state index is 12.7. The van der Waals surface area contributed by atoms with E-state index in [9.17, 15) is 14.4 Å². The van der Waals surface area contributed by atoms with E-state index in [1.54, 1.807) is 0 Å². The molecule has 0 aromatic rings. The van der Waals surface area contributed by atoms with Gasteiger partial charge in [0.05, 0.1) is 19.1 Å². The van der Waals surface area contributed by atoms with Crippen LogP contribution >= 0.6 is 0 Å². The second-order valence-corrected chi connectivity index (χ2v) is 8.19. The van der Waals surface area contributed by atoms with E-state index >= 15 is 0 Å². The molecule has 0 N–H and O–H groups in total. The highest BCUT2D eigenvalue weighted by atomic mass is 16.6. The lowest BCUT2D eigenvalue weighted by molar-refractivity contribution is -0.188. The summed E-state index contributed by atoms with van der Waals surface area (Å²) >= 11 is 0. The molecule has 0 aliphatic heterocycles. The molecule has 0 saturated heterocycles. The summed E-state index contributed by atoms with van der Waals surface area (Å²) in [6.07, 6.45) is 12.4. The quantitative estimate of drug-likeness (QED) is 0.154. The summed E-state index contributed by atoms with van der Waals surface area (Å²) in [5.41, 5.74) is -1.43. The highest BCUT2D eigenvalue weighted by molar-refractivity contribution is 5.88. The number of esters is 3. The maximum atomic E-state index is 12.7. The Balaban J connectivity index is 2.55. The number of hydrogen-bond donors (Lipinski definition) is 0. The van der Waals surface area contributed by atoms with Crippen molar-refractivity contribution < 1.29 is 28.6 Å². The van der Waals surface area contributed by atoms with Gasteiger partial charge in [-0.15, -0.1) is 0 Å². The van der Waals surface area contributed by atoms with Gasteiger partial charge in [-0.2, -0.15) is 0 Å². The first-order chi connectivity index (χ1) is 14.5. The van der Waals surface area contributed by atoms with Crippen LogP contribution in [0.3, 0.4) is 0 Å². The molecule has 0 aromatic carbocycles. The zero-order valence-electron chi connectivity index (χ0n) is 18.9. The summed E-state index contributed by atoms with van der Waals surface area (Å²) in [5, 5.41) is 0. The van der Waals surface area contributed by atoms with Gasteiger partial charge in [0.2, 0.25) is 5.60 Å². The number of hydrogen-bond acceptors (Lipinski definition) is 6. The van der Waals surface area contributed by atoms with Crippen LogP contribution in [0.1, 0.15) is 97.3 Å². The first-order valence-electron chi connectivity index (χ1n) is 11.7. The van der Waals surface area contributed by atoms with Crippen molar-refractivity contribution in [2.75, 3.05) is 13.2 Å². The van der Waals surface area contributed by atoms with Crippen molar-refractivity contribution in [1.29, 1.82) is 0 Å². The molecule has 30 heavy (non-hydrogen) atoms. The molecular formula is C24H40O6. The number of carbonyl (C=O) groups is 3. The molecule has 0 spiro atoms. The van der Waals surface area contributed by atoms with Crippen LogP contribution in [0, 0.1) is 5.92 Å². The minimum atomic E-state index is -1.43. The third kappa shape index (κ3) is 9.31. The monoisotopic (exact) mass is 424 g/mol. The lowest BCUT2D eigenvalue weighted by atomic mass is 9.77. The van der Waals surface area contributed by atoms with Crippen LogP contribution < -0.4 is 0 Å². The smallest absolute Gasteiger partial charge is 0.350 e. The first kappa shape index (κ1) is 26.2. The van der Waals surface area contributed by atoms with Crippen molar-refractivity contribution in [2.45, 2.75) is 103 Å². The minimum absolute atomic E-state index is 0.105. The molecule has 0 bridgehead atoms. The van der Waals surface area contributed by atoms with E-state index in [-0.39, 0.29) is 19.0 Å². The van der Waals surface area contributed by atoms with Crippen molar-refractivity contribution in [3.8, 4) is 0 Å². The van der Waals surface area contributed by atoms with Gasteiger partial charge in [-0.1, -0.05) is 65.4 Å². The first-order valence-corrected chi connectivity index (χ1v) is 11.7. The Bertz CT molecular complexity index is 544. The average molecular weight is 425 g/mol. The number of unbranched alkanes of at least 4 members (excludes halogenated alkanes) is 7. The molecule has 1 saturated carbocycles.